The van der Waals surface area contributed by atoms with Crippen LogP contribution in [-0.4, -0.2) is 65.1 Å². The zero-order valence-electron chi connectivity index (χ0n) is 15.4. The molecule has 1 saturated heterocycles. The van der Waals surface area contributed by atoms with Crippen LogP contribution < -0.4 is 10.3 Å². The minimum atomic E-state index is -0.354. The first-order chi connectivity index (χ1) is 13.0. The Labute approximate surface area is 156 Å². The number of carbonyl (C=O) groups excluding carboxylic acids is 2. The number of nitrogens with one attached hydrogen (secondary N) is 1. The summed E-state index contributed by atoms with van der Waals surface area (Å²) in [7, 11) is 1.61. The number of H-pyrrole nitrogens is 1. The molecule has 0 aliphatic carbocycles. The molecule has 142 valence electrons. The molecule has 8 heteroatoms. The van der Waals surface area contributed by atoms with E-state index in [4.69, 9.17) is 4.74 Å². The molecule has 1 aromatic carbocycles. The molecule has 0 radical (unpaired) electrons. The van der Waals surface area contributed by atoms with Gasteiger partial charge >= 0.3 is 0 Å². The van der Waals surface area contributed by atoms with E-state index in [9.17, 15) is 14.4 Å². The van der Waals surface area contributed by atoms with Gasteiger partial charge in [0.25, 0.3) is 17.4 Å². The maximum Gasteiger partial charge on any atom is 0.274 e. The number of amides is 2. The summed E-state index contributed by atoms with van der Waals surface area (Å²) in [5.41, 5.74) is 1.45. The average molecular weight is 370 g/mol. The van der Waals surface area contributed by atoms with E-state index in [0.29, 0.717) is 31.7 Å². The van der Waals surface area contributed by atoms with Gasteiger partial charge in [-0.25, -0.2) is 5.10 Å². The lowest BCUT2D eigenvalue weighted by molar-refractivity contribution is 0.0531. The van der Waals surface area contributed by atoms with Crippen LogP contribution in [0.15, 0.2) is 35.1 Å². The number of benzene rings is 1. The van der Waals surface area contributed by atoms with Gasteiger partial charge in [-0.15, -0.1) is 0 Å². The van der Waals surface area contributed by atoms with E-state index in [2.05, 4.69) is 10.2 Å². The van der Waals surface area contributed by atoms with Gasteiger partial charge in [0.2, 0.25) is 0 Å². The van der Waals surface area contributed by atoms with Crippen LogP contribution in [0, 0.1) is 0 Å². The number of aryl methyl sites for hydroxylation is 1. The standard InChI is InChI=1S/C19H22N4O4/c1-3-13-12-14(4-6-16(13)27-2)18(25)22-8-10-23(11-9-22)19(26)15-5-7-17(24)21-20-15/h4-7,12H,3,8-11H2,1-2H3,(H,21,24). The van der Waals surface area contributed by atoms with Crippen LogP contribution in [0.2, 0.25) is 0 Å². The molecule has 2 amide bonds. The number of hydrogen-bond acceptors (Lipinski definition) is 5. The molecule has 0 spiro atoms. The Morgan fingerprint density at radius 2 is 1.74 bits per heavy atom. The largest absolute Gasteiger partial charge is 0.496 e. The molecular weight excluding hydrogens is 348 g/mol. The molecule has 1 fully saturated rings. The maximum atomic E-state index is 12.8. The summed E-state index contributed by atoms with van der Waals surface area (Å²) in [5.74, 6) is 0.468. The normalized spacial score (nSPS) is 14.1. The fourth-order valence-corrected chi connectivity index (χ4v) is 3.11. The highest BCUT2D eigenvalue weighted by atomic mass is 16.5. The second-order valence-electron chi connectivity index (χ2n) is 6.27. The van der Waals surface area contributed by atoms with Gasteiger partial charge in [0, 0.05) is 37.8 Å². The van der Waals surface area contributed by atoms with Gasteiger partial charge in [-0.3, -0.25) is 14.4 Å². The zero-order chi connectivity index (χ0) is 19.4. The molecule has 1 aromatic heterocycles. The van der Waals surface area contributed by atoms with Crippen LogP contribution in [0.4, 0.5) is 0 Å². The van der Waals surface area contributed by atoms with Gasteiger partial charge < -0.3 is 14.5 Å². The van der Waals surface area contributed by atoms with E-state index < -0.39 is 0 Å². The maximum absolute atomic E-state index is 12.8. The molecule has 0 atom stereocenters. The summed E-state index contributed by atoms with van der Waals surface area (Å²) in [6.07, 6.45) is 0.777. The lowest BCUT2D eigenvalue weighted by atomic mass is 10.1. The molecule has 1 aliphatic rings. The Kier molecular flexibility index (Phi) is 5.54. The summed E-state index contributed by atoms with van der Waals surface area (Å²) in [5, 5.41) is 6.03. The highest BCUT2D eigenvalue weighted by Gasteiger charge is 2.26. The monoisotopic (exact) mass is 370 g/mol. The fraction of sp³-hybridized carbons (Fsp3) is 0.368. The summed E-state index contributed by atoms with van der Waals surface area (Å²) in [6, 6.07) is 8.12. The third kappa shape index (κ3) is 3.99. The van der Waals surface area contributed by atoms with Gasteiger partial charge in [0.15, 0.2) is 0 Å². The molecule has 0 bridgehead atoms. The van der Waals surface area contributed by atoms with Crippen LogP contribution >= 0.6 is 0 Å². The number of hydrogen-bond donors (Lipinski definition) is 1. The van der Waals surface area contributed by atoms with Crippen LogP contribution in [-0.2, 0) is 6.42 Å². The Hall–Kier alpha value is -3.16. The lowest BCUT2D eigenvalue weighted by Crippen LogP contribution is -2.50. The van der Waals surface area contributed by atoms with Crippen molar-refractivity contribution in [2.45, 2.75) is 13.3 Å². The number of aromatic amines is 1. The summed E-state index contributed by atoms with van der Waals surface area (Å²) < 4.78 is 5.31. The van der Waals surface area contributed by atoms with Crippen molar-refractivity contribution in [2.24, 2.45) is 0 Å². The topological polar surface area (TPSA) is 95.6 Å². The fourth-order valence-electron chi connectivity index (χ4n) is 3.11. The van der Waals surface area contributed by atoms with Gasteiger partial charge in [-0.05, 0) is 36.2 Å². The highest BCUT2D eigenvalue weighted by Crippen LogP contribution is 2.21. The van der Waals surface area contributed by atoms with Crippen molar-refractivity contribution in [1.29, 1.82) is 0 Å². The molecule has 27 heavy (non-hydrogen) atoms. The summed E-state index contributed by atoms with van der Waals surface area (Å²) in [6.45, 7) is 3.74. The molecule has 1 N–H and O–H groups in total. The smallest absolute Gasteiger partial charge is 0.274 e. The van der Waals surface area contributed by atoms with Gasteiger partial charge in [0.1, 0.15) is 11.4 Å². The van der Waals surface area contributed by atoms with E-state index in [1.165, 1.54) is 12.1 Å². The Morgan fingerprint density at radius 1 is 1.07 bits per heavy atom. The number of rotatable bonds is 4. The molecule has 0 saturated carbocycles. The molecule has 2 heterocycles. The van der Waals surface area contributed by atoms with E-state index in [1.54, 1.807) is 23.0 Å². The number of ether oxygens (including phenoxy) is 1. The number of aromatic nitrogens is 2. The first-order valence-corrected chi connectivity index (χ1v) is 8.84. The van der Waals surface area contributed by atoms with Gasteiger partial charge in [-0.2, -0.15) is 5.10 Å². The average Bonchev–Trinajstić information content (AvgIpc) is 2.72. The Morgan fingerprint density at radius 3 is 2.30 bits per heavy atom. The molecule has 1 aliphatic heterocycles. The van der Waals surface area contributed by atoms with E-state index >= 15 is 0 Å². The van der Waals surface area contributed by atoms with Crippen molar-refractivity contribution < 1.29 is 14.3 Å². The van der Waals surface area contributed by atoms with Gasteiger partial charge in [-0.1, -0.05) is 6.92 Å². The predicted molar refractivity (Wildman–Crippen MR) is 99.0 cm³/mol. The molecular formula is C19H22N4O4. The van der Waals surface area contributed by atoms with Gasteiger partial charge in [0.05, 0.1) is 7.11 Å². The Balaban J connectivity index is 1.65. The predicted octanol–water partition coefficient (Wildman–Crippen LogP) is 0.939. The summed E-state index contributed by atoms with van der Waals surface area (Å²) >= 11 is 0. The van der Waals surface area contributed by atoms with Crippen molar-refractivity contribution >= 4 is 11.8 Å². The number of piperazine rings is 1. The van der Waals surface area contributed by atoms with Crippen LogP contribution in [0.5, 0.6) is 5.75 Å². The molecule has 8 nitrogen and oxygen atoms in total. The van der Waals surface area contributed by atoms with Crippen LogP contribution in [0.25, 0.3) is 0 Å². The lowest BCUT2D eigenvalue weighted by Gasteiger charge is -2.34. The Bertz CT molecular complexity index is 880. The summed E-state index contributed by atoms with van der Waals surface area (Å²) in [4.78, 5) is 39.7. The van der Waals surface area contributed by atoms with Crippen LogP contribution in [0.3, 0.4) is 0 Å². The third-order valence-corrected chi connectivity index (χ3v) is 4.66. The minimum absolute atomic E-state index is 0.0541. The van der Waals surface area contributed by atoms with E-state index in [-0.39, 0.29) is 23.1 Å². The quantitative estimate of drug-likeness (QED) is 0.864. The SMILES string of the molecule is CCc1cc(C(=O)N2CCN(C(=O)c3ccc(=O)[nH]n3)CC2)ccc1OC. The second-order valence-corrected chi connectivity index (χ2v) is 6.27. The highest BCUT2D eigenvalue weighted by molar-refractivity contribution is 5.95. The number of carbonyl (C=O) groups is 2. The van der Waals surface area contributed by atoms with Crippen molar-refractivity contribution in [1.82, 2.24) is 20.0 Å². The van der Waals surface area contributed by atoms with Crippen molar-refractivity contribution in [3.8, 4) is 5.75 Å². The zero-order valence-corrected chi connectivity index (χ0v) is 15.4. The van der Waals surface area contributed by atoms with Crippen LogP contribution in [0.1, 0.15) is 33.3 Å². The molecule has 0 unspecified atom stereocenters. The third-order valence-electron chi connectivity index (χ3n) is 4.66. The first kappa shape index (κ1) is 18.6. The van der Waals surface area contributed by atoms with E-state index in [0.717, 1.165) is 17.7 Å². The first-order valence-electron chi connectivity index (χ1n) is 8.84. The molecule has 3 rings (SSSR count). The number of nitrogens with zero attached hydrogens (tertiary/aromatic N) is 3. The van der Waals surface area contributed by atoms with Crippen molar-refractivity contribution in [3.63, 3.8) is 0 Å². The van der Waals surface area contributed by atoms with E-state index in [1.807, 2.05) is 19.1 Å². The molecule has 2 aromatic rings. The van der Waals surface area contributed by atoms with Crippen molar-refractivity contribution in [2.75, 3.05) is 33.3 Å². The minimum Gasteiger partial charge on any atom is -0.496 e. The van der Waals surface area contributed by atoms with Crippen molar-refractivity contribution in [3.05, 3.63) is 57.5 Å². The number of methoxy groups -OCH3 is 1. The second kappa shape index (κ2) is 8.03.